The molecule has 2 rings (SSSR count). The average Bonchev–Trinajstić information content (AvgIpc) is 2.52. The van der Waals surface area contributed by atoms with E-state index in [0.29, 0.717) is 5.92 Å². The molecule has 20 heavy (non-hydrogen) atoms. The maximum atomic E-state index is 8.99. The van der Waals surface area contributed by atoms with Crippen molar-refractivity contribution in [2.45, 2.75) is 90.4 Å². The van der Waals surface area contributed by atoms with Crippen molar-refractivity contribution >= 4 is 0 Å². The fourth-order valence-corrected chi connectivity index (χ4v) is 4.53. The highest BCUT2D eigenvalue weighted by molar-refractivity contribution is 4.89. The van der Waals surface area contributed by atoms with Crippen LogP contribution >= 0.6 is 0 Å². The lowest BCUT2D eigenvalue weighted by atomic mass is 9.69. The molecule has 1 heteroatoms. The van der Waals surface area contributed by atoms with Crippen molar-refractivity contribution < 1.29 is 0 Å². The number of hydrogen-bond donors (Lipinski definition) is 0. The molecule has 2 fully saturated rings. The summed E-state index contributed by atoms with van der Waals surface area (Å²) >= 11 is 0. The molecule has 0 atom stereocenters. The highest BCUT2D eigenvalue weighted by atomic mass is 14.4. The van der Waals surface area contributed by atoms with Crippen LogP contribution in [0.4, 0.5) is 0 Å². The molecule has 0 N–H and O–H groups in total. The third-order valence-electron chi connectivity index (χ3n) is 5.98. The summed E-state index contributed by atoms with van der Waals surface area (Å²) in [5.74, 6) is 3.38. The summed E-state index contributed by atoms with van der Waals surface area (Å²) in [6.45, 7) is 2.30. The normalized spacial score (nSPS) is 34.6. The van der Waals surface area contributed by atoms with Gasteiger partial charge in [-0.3, -0.25) is 0 Å². The molecule has 0 unspecified atom stereocenters. The van der Waals surface area contributed by atoms with Crippen molar-refractivity contribution in [3.8, 4) is 6.07 Å². The van der Waals surface area contributed by atoms with E-state index in [1.54, 1.807) is 0 Å². The second kappa shape index (κ2) is 8.71. The summed E-state index contributed by atoms with van der Waals surface area (Å²) in [5, 5.41) is 8.99. The maximum absolute atomic E-state index is 8.99. The smallest absolute Gasteiger partial charge is 0.0655 e. The Labute approximate surface area is 126 Å². The molecule has 0 amide bonds. The Hall–Kier alpha value is -0.510. The highest BCUT2D eigenvalue weighted by Gasteiger charge is 2.30. The summed E-state index contributed by atoms with van der Waals surface area (Å²) in [7, 11) is 0. The standard InChI is InChI=1S/C19H33N/c1-2-3-4-5-6-16-7-11-18(12-8-16)19-13-9-17(15-20)10-14-19/h16-19H,2-14H2,1H3. The zero-order valence-corrected chi connectivity index (χ0v) is 13.4. The molecule has 0 aromatic carbocycles. The van der Waals surface area contributed by atoms with Crippen LogP contribution in [0.3, 0.4) is 0 Å². The molecule has 0 radical (unpaired) electrons. The van der Waals surface area contributed by atoms with Gasteiger partial charge >= 0.3 is 0 Å². The molecule has 1 nitrogen and oxygen atoms in total. The summed E-state index contributed by atoms with van der Waals surface area (Å²) in [4.78, 5) is 0. The molecule has 0 spiro atoms. The Morgan fingerprint density at radius 2 is 1.40 bits per heavy atom. The van der Waals surface area contributed by atoms with Crippen LogP contribution in [0.5, 0.6) is 0 Å². The molecule has 0 bridgehead atoms. The monoisotopic (exact) mass is 275 g/mol. The predicted octanol–water partition coefficient (Wildman–Crippen LogP) is 6.09. The van der Waals surface area contributed by atoms with Crippen LogP contribution in [-0.2, 0) is 0 Å². The fourth-order valence-electron chi connectivity index (χ4n) is 4.53. The second-order valence-corrected chi connectivity index (χ2v) is 7.37. The van der Waals surface area contributed by atoms with Crippen LogP contribution in [-0.4, -0.2) is 0 Å². The van der Waals surface area contributed by atoms with E-state index in [4.69, 9.17) is 5.26 Å². The first-order chi connectivity index (χ1) is 9.83. The van der Waals surface area contributed by atoms with E-state index in [1.165, 1.54) is 83.5 Å². The Kier molecular flexibility index (Phi) is 6.91. The Morgan fingerprint density at radius 3 is 1.95 bits per heavy atom. The second-order valence-electron chi connectivity index (χ2n) is 7.37. The largest absolute Gasteiger partial charge is 0.198 e. The van der Waals surface area contributed by atoms with Crippen LogP contribution in [0.15, 0.2) is 0 Å². The van der Waals surface area contributed by atoms with E-state index in [1.807, 2.05) is 0 Å². The van der Waals surface area contributed by atoms with E-state index < -0.39 is 0 Å². The third-order valence-corrected chi connectivity index (χ3v) is 5.98. The van der Waals surface area contributed by atoms with Gasteiger partial charge in [0.25, 0.3) is 0 Å². The van der Waals surface area contributed by atoms with Crippen LogP contribution in [0, 0.1) is 35.0 Å². The van der Waals surface area contributed by atoms with E-state index in [9.17, 15) is 0 Å². The molecule has 2 aliphatic rings. The van der Waals surface area contributed by atoms with Gasteiger partial charge < -0.3 is 0 Å². The highest BCUT2D eigenvalue weighted by Crippen LogP contribution is 2.42. The van der Waals surface area contributed by atoms with E-state index in [-0.39, 0.29) is 0 Å². The lowest BCUT2D eigenvalue weighted by Crippen LogP contribution is -2.25. The minimum Gasteiger partial charge on any atom is -0.198 e. The van der Waals surface area contributed by atoms with Crippen LogP contribution in [0.1, 0.15) is 90.4 Å². The molecule has 0 aliphatic heterocycles. The zero-order chi connectivity index (χ0) is 14.2. The van der Waals surface area contributed by atoms with E-state index >= 15 is 0 Å². The van der Waals surface area contributed by atoms with Crippen LogP contribution in [0.25, 0.3) is 0 Å². The van der Waals surface area contributed by atoms with Crippen LogP contribution < -0.4 is 0 Å². The van der Waals surface area contributed by atoms with Gasteiger partial charge in [0.2, 0.25) is 0 Å². The minimum atomic E-state index is 0.376. The lowest BCUT2D eigenvalue weighted by molar-refractivity contribution is 0.152. The molecule has 2 saturated carbocycles. The van der Waals surface area contributed by atoms with Gasteiger partial charge in [0, 0.05) is 5.92 Å². The summed E-state index contributed by atoms with van der Waals surface area (Å²) < 4.78 is 0. The molecule has 0 aromatic heterocycles. The first-order valence-corrected chi connectivity index (χ1v) is 9.23. The van der Waals surface area contributed by atoms with Crippen molar-refractivity contribution in [1.29, 1.82) is 5.26 Å². The lowest BCUT2D eigenvalue weighted by Gasteiger charge is -2.36. The molecule has 114 valence electrons. The number of hydrogen-bond acceptors (Lipinski definition) is 1. The minimum absolute atomic E-state index is 0.376. The van der Waals surface area contributed by atoms with Crippen molar-refractivity contribution in [1.82, 2.24) is 0 Å². The summed E-state index contributed by atoms with van der Waals surface area (Å²) in [6.07, 6.45) is 18.2. The summed E-state index contributed by atoms with van der Waals surface area (Å²) in [6, 6.07) is 2.47. The molecular weight excluding hydrogens is 242 g/mol. The quantitative estimate of drug-likeness (QED) is 0.538. The van der Waals surface area contributed by atoms with Gasteiger partial charge in [-0.1, -0.05) is 51.9 Å². The molecular formula is C19H33N. The third kappa shape index (κ3) is 4.80. The Bertz CT molecular complexity index is 287. The van der Waals surface area contributed by atoms with Gasteiger partial charge in [-0.15, -0.1) is 0 Å². The predicted molar refractivity (Wildman–Crippen MR) is 85.3 cm³/mol. The van der Waals surface area contributed by atoms with Gasteiger partial charge in [-0.25, -0.2) is 0 Å². The number of nitriles is 1. The maximum Gasteiger partial charge on any atom is 0.0655 e. The first kappa shape index (κ1) is 15.9. The van der Waals surface area contributed by atoms with Crippen molar-refractivity contribution in [2.75, 3.05) is 0 Å². The first-order valence-electron chi connectivity index (χ1n) is 9.23. The van der Waals surface area contributed by atoms with E-state index in [0.717, 1.165) is 17.8 Å². The summed E-state index contributed by atoms with van der Waals surface area (Å²) in [5.41, 5.74) is 0. The molecule has 0 saturated heterocycles. The van der Waals surface area contributed by atoms with Gasteiger partial charge in [0.05, 0.1) is 6.07 Å². The van der Waals surface area contributed by atoms with Gasteiger partial charge in [-0.05, 0) is 56.3 Å². The average molecular weight is 275 g/mol. The van der Waals surface area contributed by atoms with Crippen molar-refractivity contribution in [2.24, 2.45) is 23.7 Å². The number of rotatable bonds is 6. The van der Waals surface area contributed by atoms with Gasteiger partial charge in [0.1, 0.15) is 0 Å². The van der Waals surface area contributed by atoms with Crippen molar-refractivity contribution in [3.63, 3.8) is 0 Å². The molecule has 0 heterocycles. The topological polar surface area (TPSA) is 23.8 Å². The zero-order valence-electron chi connectivity index (χ0n) is 13.4. The van der Waals surface area contributed by atoms with Gasteiger partial charge in [0.15, 0.2) is 0 Å². The number of nitrogens with zero attached hydrogens (tertiary/aromatic N) is 1. The number of unbranched alkanes of at least 4 members (excludes halogenated alkanes) is 3. The van der Waals surface area contributed by atoms with Crippen LogP contribution in [0.2, 0.25) is 0 Å². The molecule has 2 aliphatic carbocycles. The Morgan fingerprint density at radius 1 is 0.800 bits per heavy atom. The Balaban J connectivity index is 1.61. The fraction of sp³-hybridized carbons (Fsp3) is 0.947. The van der Waals surface area contributed by atoms with E-state index in [2.05, 4.69) is 13.0 Å². The van der Waals surface area contributed by atoms with Gasteiger partial charge in [-0.2, -0.15) is 5.26 Å². The SMILES string of the molecule is CCCCCCC1CCC(C2CCC(C#N)CC2)CC1. The molecule has 0 aromatic rings. The van der Waals surface area contributed by atoms with Crippen molar-refractivity contribution in [3.05, 3.63) is 0 Å².